The molecular weight excluding hydrogens is 278 g/mol. The molecule has 0 bridgehead atoms. The Balaban J connectivity index is 2.01. The molecule has 1 aliphatic carbocycles. The molecular formula is C17H11N3O2. The van der Waals surface area contributed by atoms with Crippen molar-refractivity contribution >= 4 is 22.7 Å². The van der Waals surface area contributed by atoms with E-state index in [2.05, 4.69) is 10.1 Å². The van der Waals surface area contributed by atoms with Crippen LogP contribution in [0, 0.1) is 0 Å². The lowest BCUT2D eigenvalue weighted by Crippen LogP contribution is -2.04. The highest BCUT2D eigenvalue weighted by molar-refractivity contribution is 6.23. The van der Waals surface area contributed by atoms with Crippen molar-refractivity contribution in [2.45, 2.75) is 6.92 Å². The second-order valence-corrected chi connectivity index (χ2v) is 4.98. The third-order valence-corrected chi connectivity index (χ3v) is 3.50. The Labute approximate surface area is 126 Å². The van der Waals surface area contributed by atoms with Crippen molar-refractivity contribution < 1.29 is 9.63 Å². The summed E-state index contributed by atoms with van der Waals surface area (Å²) < 4.78 is 0. The summed E-state index contributed by atoms with van der Waals surface area (Å²) in [5.41, 5.74) is 5.37. The fourth-order valence-electron chi connectivity index (χ4n) is 2.58. The van der Waals surface area contributed by atoms with E-state index in [1.54, 1.807) is 0 Å². The number of hydrogen-bond donors (Lipinski definition) is 0. The van der Waals surface area contributed by atoms with Gasteiger partial charge in [-0.25, -0.2) is 14.8 Å². The van der Waals surface area contributed by atoms with E-state index in [0.29, 0.717) is 11.4 Å². The van der Waals surface area contributed by atoms with Gasteiger partial charge in [-0.1, -0.05) is 41.6 Å². The maximum absolute atomic E-state index is 11.1. The molecule has 106 valence electrons. The Hall–Kier alpha value is -3.08. The van der Waals surface area contributed by atoms with Crippen LogP contribution >= 0.6 is 0 Å². The highest BCUT2D eigenvalue weighted by Crippen LogP contribution is 2.35. The highest BCUT2D eigenvalue weighted by atomic mass is 16.7. The molecule has 2 aromatic carbocycles. The topological polar surface area (TPSA) is 64.4 Å². The predicted molar refractivity (Wildman–Crippen MR) is 82.4 cm³/mol. The van der Waals surface area contributed by atoms with Crippen molar-refractivity contribution in [3.63, 3.8) is 0 Å². The molecule has 0 radical (unpaired) electrons. The minimum atomic E-state index is -0.466. The van der Waals surface area contributed by atoms with Gasteiger partial charge in [0.15, 0.2) is 0 Å². The Bertz CT molecular complexity index is 948. The molecule has 5 heteroatoms. The number of fused-ring (bicyclic) bond motifs is 4. The van der Waals surface area contributed by atoms with Crippen LogP contribution in [0.15, 0.2) is 53.7 Å². The van der Waals surface area contributed by atoms with Crippen molar-refractivity contribution in [1.82, 2.24) is 9.97 Å². The number of aromatic nitrogens is 2. The molecule has 1 aliphatic rings. The minimum Gasteiger partial charge on any atom is -0.318 e. The molecule has 0 unspecified atom stereocenters. The first-order valence-electron chi connectivity index (χ1n) is 6.86. The van der Waals surface area contributed by atoms with Crippen molar-refractivity contribution in [3.05, 3.63) is 59.8 Å². The number of nitrogens with zero attached hydrogens (tertiary/aromatic N) is 3. The summed E-state index contributed by atoms with van der Waals surface area (Å²) in [6.07, 6.45) is 0. The zero-order chi connectivity index (χ0) is 15.1. The number of oxime groups is 1. The summed E-state index contributed by atoms with van der Waals surface area (Å²) in [5, 5.41) is 3.98. The van der Waals surface area contributed by atoms with Gasteiger partial charge in [0.1, 0.15) is 11.4 Å². The molecule has 1 aromatic heterocycles. The number of carbonyl (C=O) groups excluding carboxylic acids is 1. The molecule has 0 saturated carbocycles. The van der Waals surface area contributed by atoms with Crippen molar-refractivity contribution in [2.24, 2.45) is 5.16 Å². The maximum atomic E-state index is 11.1. The van der Waals surface area contributed by atoms with Crippen molar-refractivity contribution in [3.8, 4) is 11.3 Å². The van der Waals surface area contributed by atoms with E-state index >= 15 is 0 Å². The first kappa shape index (κ1) is 12.6. The molecule has 0 spiro atoms. The second kappa shape index (κ2) is 4.73. The van der Waals surface area contributed by atoms with Gasteiger partial charge in [0.05, 0.1) is 16.7 Å². The first-order chi connectivity index (χ1) is 10.7. The molecule has 0 aliphatic heterocycles. The van der Waals surface area contributed by atoms with Gasteiger partial charge in [-0.15, -0.1) is 0 Å². The Kier molecular flexibility index (Phi) is 2.72. The lowest BCUT2D eigenvalue weighted by molar-refractivity contribution is -0.140. The molecule has 4 rings (SSSR count). The van der Waals surface area contributed by atoms with Crippen LogP contribution in [0.3, 0.4) is 0 Å². The quantitative estimate of drug-likeness (QED) is 0.399. The summed E-state index contributed by atoms with van der Waals surface area (Å²) in [6, 6.07) is 15.4. The van der Waals surface area contributed by atoms with Crippen LogP contribution < -0.4 is 0 Å². The molecule has 22 heavy (non-hydrogen) atoms. The number of hydrogen-bond acceptors (Lipinski definition) is 5. The summed E-state index contributed by atoms with van der Waals surface area (Å²) in [6.45, 7) is 1.32. The Morgan fingerprint density at radius 1 is 0.909 bits per heavy atom. The number of rotatable bonds is 1. The summed E-state index contributed by atoms with van der Waals surface area (Å²) >= 11 is 0. The molecule has 0 saturated heterocycles. The smallest absolute Gasteiger partial charge is 0.318 e. The summed E-state index contributed by atoms with van der Waals surface area (Å²) in [5.74, 6) is -0.466. The fraction of sp³-hybridized carbons (Fsp3) is 0.0588. The van der Waals surface area contributed by atoms with E-state index in [1.165, 1.54) is 6.92 Å². The van der Waals surface area contributed by atoms with Gasteiger partial charge in [-0.3, -0.25) is 0 Å². The lowest BCUT2D eigenvalue weighted by Gasteiger charge is -2.02. The van der Waals surface area contributed by atoms with Gasteiger partial charge in [0.2, 0.25) is 0 Å². The molecule has 0 N–H and O–H groups in total. The van der Waals surface area contributed by atoms with E-state index in [0.717, 1.165) is 27.9 Å². The third-order valence-electron chi connectivity index (χ3n) is 3.50. The SMILES string of the molecule is CC(=O)O/N=C1/c2ccccc2-c2nc3ccccc3nc21. The van der Waals surface area contributed by atoms with Crippen LogP contribution in [0.4, 0.5) is 0 Å². The van der Waals surface area contributed by atoms with E-state index < -0.39 is 5.97 Å². The van der Waals surface area contributed by atoms with Crippen LogP contribution in [0.2, 0.25) is 0 Å². The van der Waals surface area contributed by atoms with Crippen LogP contribution in [-0.4, -0.2) is 21.6 Å². The minimum absolute atomic E-state index is 0.466. The third kappa shape index (κ3) is 1.87. The molecule has 5 nitrogen and oxygen atoms in total. The Morgan fingerprint density at radius 2 is 1.50 bits per heavy atom. The molecule has 0 amide bonds. The molecule has 3 aromatic rings. The average molecular weight is 289 g/mol. The van der Waals surface area contributed by atoms with E-state index in [4.69, 9.17) is 9.82 Å². The normalized spacial score (nSPS) is 14.0. The Morgan fingerprint density at radius 3 is 2.18 bits per heavy atom. The van der Waals surface area contributed by atoms with Gasteiger partial charge < -0.3 is 4.84 Å². The van der Waals surface area contributed by atoms with Crippen molar-refractivity contribution in [1.29, 1.82) is 0 Å². The second-order valence-electron chi connectivity index (χ2n) is 4.98. The summed E-state index contributed by atoms with van der Waals surface area (Å²) in [4.78, 5) is 25.2. The van der Waals surface area contributed by atoms with Gasteiger partial charge in [-0.05, 0) is 12.1 Å². The largest absolute Gasteiger partial charge is 0.332 e. The monoisotopic (exact) mass is 289 g/mol. The van der Waals surface area contributed by atoms with E-state index in [-0.39, 0.29) is 0 Å². The predicted octanol–water partition coefficient (Wildman–Crippen LogP) is 2.93. The van der Waals surface area contributed by atoms with Gasteiger partial charge in [0.25, 0.3) is 0 Å². The first-order valence-corrected chi connectivity index (χ1v) is 6.86. The standard InChI is InChI=1S/C17H11N3O2/c1-10(21)22-20-16-12-7-3-2-6-11(12)15-17(16)19-14-9-5-4-8-13(14)18-15/h2-9H,1H3/b20-16-. The lowest BCUT2D eigenvalue weighted by atomic mass is 10.1. The zero-order valence-electron chi connectivity index (χ0n) is 11.8. The average Bonchev–Trinajstić information content (AvgIpc) is 2.84. The van der Waals surface area contributed by atoms with Crippen LogP contribution in [0.5, 0.6) is 0 Å². The highest BCUT2D eigenvalue weighted by Gasteiger charge is 2.29. The maximum Gasteiger partial charge on any atom is 0.332 e. The van der Waals surface area contributed by atoms with E-state index in [1.807, 2.05) is 48.5 Å². The van der Waals surface area contributed by atoms with Crippen molar-refractivity contribution in [2.75, 3.05) is 0 Å². The fourth-order valence-corrected chi connectivity index (χ4v) is 2.58. The van der Waals surface area contributed by atoms with Gasteiger partial charge in [0, 0.05) is 18.1 Å². The molecule has 0 atom stereocenters. The van der Waals surface area contributed by atoms with Crippen LogP contribution in [0.1, 0.15) is 18.2 Å². The summed E-state index contributed by atoms with van der Waals surface area (Å²) in [7, 11) is 0. The number of benzene rings is 2. The van der Waals surface area contributed by atoms with Crippen LogP contribution in [-0.2, 0) is 9.63 Å². The van der Waals surface area contributed by atoms with Crippen LogP contribution in [0.25, 0.3) is 22.3 Å². The molecule has 0 fully saturated rings. The number of carbonyl (C=O) groups is 1. The zero-order valence-corrected chi connectivity index (χ0v) is 11.8. The van der Waals surface area contributed by atoms with Gasteiger partial charge in [-0.2, -0.15) is 0 Å². The number of para-hydroxylation sites is 2. The van der Waals surface area contributed by atoms with E-state index in [9.17, 15) is 4.79 Å². The molecule has 1 heterocycles. The van der Waals surface area contributed by atoms with Gasteiger partial charge >= 0.3 is 5.97 Å².